The van der Waals surface area contributed by atoms with Gasteiger partial charge in [-0.05, 0) is 30.3 Å². The van der Waals surface area contributed by atoms with Crippen LogP contribution in [0.3, 0.4) is 0 Å². The average molecular weight is 272 g/mol. The second kappa shape index (κ2) is 5.11. The minimum Gasteiger partial charge on any atom is -0.300 e. The molecule has 6 heteroatoms. The van der Waals surface area contributed by atoms with Crippen LogP contribution in [0.4, 0.5) is 15.5 Å². The monoisotopic (exact) mass is 272 g/mol. The maximum absolute atomic E-state index is 12.8. The third kappa shape index (κ3) is 2.74. The molecule has 0 unspecified atom stereocenters. The number of anilines is 2. The van der Waals surface area contributed by atoms with E-state index in [2.05, 4.69) is 20.3 Å². The molecule has 0 radical (unpaired) electrons. The van der Waals surface area contributed by atoms with Gasteiger partial charge in [0.05, 0.1) is 5.69 Å². The van der Waals surface area contributed by atoms with Gasteiger partial charge in [-0.25, -0.2) is 19.3 Å². The van der Waals surface area contributed by atoms with Crippen molar-refractivity contribution in [2.24, 2.45) is 0 Å². The van der Waals surface area contributed by atoms with E-state index in [0.717, 1.165) is 11.3 Å². The highest BCUT2D eigenvalue weighted by atomic mass is 32.1. The van der Waals surface area contributed by atoms with Crippen LogP contribution >= 0.6 is 11.3 Å². The summed E-state index contributed by atoms with van der Waals surface area (Å²) >= 11 is 1.45. The van der Waals surface area contributed by atoms with Crippen molar-refractivity contribution in [1.82, 2.24) is 15.0 Å². The fourth-order valence-corrected chi connectivity index (χ4v) is 2.26. The summed E-state index contributed by atoms with van der Waals surface area (Å²) in [6.45, 7) is 0. The number of thiazole rings is 1. The summed E-state index contributed by atoms with van der Waals surface area (Å²) < 4.78 is 12.8. The van der Waals surface area contributed by atoms with Gasteiger partial charge >= 0.3 is 0 Å². The Balaban J connectivity index is 1.82. The number of halogens is 1. The summed E-state index contributed by atoms with van der Waals surface area (Å²) in [6.07, 6.45) is 3.31. The smallest absolute Gasteiger partial charge is 0.228 e. The van der Waals surface area contributed by atoms with Crippen LogP contribution in [0.15, 0.2) is 48.1 Å². The first-order valence-corrected chi connectivity index (χ1v) is 6.45. The molecule has 0 aliphatic carbocycles. The zero-order chi connectivity index (χ0) is 13.1. The van der Waals surface area contributed by atoms with Crippen LogP contribution in [-0.4, -0.2) is 15.0 Å². The molecule has 3 rings (SSSR count). The van der Waals surface area contributed by atoms with Gasteiger partial charge in [-0.3, -0.25) is 0 Å². The zero-order valence-corrected chi connectivity index (χ0v) is 10.6. The number of nitrogens with one attached hydrogen (secondary N) is 1. The minimum atomic E-state index is -0.255. The lowest BCUT2D eigenvalue weighted by atomic mass is 10.2. The van der Waals surface area contributed by atoms with Crippen molar-refractivity contribution in [3.8, 4) is 11.3 Å². The molecule has 0 aliphatic rings. The van der Waals surface area contributed by atoms with E-state index in [-0.39, 0.29) is 5.82 Å². The Kier molecular flexibility index (Phi) is 3.16. The SMILES string of the molecule is Fc1ccc(-c2csc(Nc3ncccn3)n2)cc1. The van der Waals surface area contributed by atoms with Crippen LogP contribution in [-0.2, 0) is 0 Å². The van der Waals surface area contributed by atoms with Crippen LogP contribution in [0.25, 0.3) is 11.3 Å². The summed E-state index contributed by atoms with van der Waals surface area (Å²) in [4.78, 5) is 12.5. The van der Waals surface area contributed by atoms with Gasteiger partial charge in [-0.1, -0.05) is 0 Å². The first-order chi connectivity index (χ1) is 9.31. The third-order valence-corrected chi connectivity index (χ3v) is 3.19. The predicted molar refractivity (Wildman–Crippen MR) is 72.8 cm³/mol. The van der Waals surface area contributed by atoms with E-state index in [1.165, 1.54) is 23.5 Å². The fraction of sp³-hybridized carbons (Fsp3) is 0. The first kappa shape index (κ1) is 11.7. The summed E-state index contributed by atoms with van der Waals surface area (Å²) in [6, 6.07) is 7.99. The molecule has 0 bridgehead atoms. The second-order valence-electron chi connectivity index (χ2n) is 3.74. The molecule has 2 aromatic heterocycles. The Labute approximate surface area is 113 Å². The summed E-state index contributed by atoms with van der Waals surface area (Å²) in [5, 5.41) is 5.62. The van der Waals surface area contributed by atoms with Crippen molar-refractivity contribution in [3.63, 3.8) is 0 Å². The van der Waals surface area contributed by atoms with E-state index in [0.29, 0.717) is 11.1 Å². The largest absolute Gasteiger partial charge is 0.300 e. The van der Waals surface area contributed by atoms with Gasteiger partial charge in [0.15, 0.2) is 5.13 Å². The normalized spacial score (nSPS) is 10.4. The van der Waals surface area contributed by atoms with Crippen LogP contribution in [0.1, 0.15) is 0 Å². The lowest BCUT2D eigenvalue weighted by Gasteiger charge is -1.98. The molecular formula is C13H9FN4S. The lowest BCUT2D eigenvalue weighted by molar-refractivity contribution is 0.628. The highest BCUT2D eigenvalue weighted by molar-refractivity contribution is 7.14. The maximum atomic E-state index is 12.8. The molecule has 1 N–H and O–H groups in total. The second-order valence-corrected chi connectivity index (χ2v) is 4.60. The first-order valence-electron chi connectivity index (χ1n) is 5.57. The van der Waals surface area contributed by atoms with E-state index >= 15 is 0 Å². The van der Waals surface area contributed by atoms with Crippen molar-refractivity contribution in [3.05, 3.63) is 53.9 Å². The summed E-state index contributed by atoms with van der Waals surface area (Å²) in [5.74, 6) is 0.248. The minimum absolute atomic E-state index is 0.255. The van der Waals surface area contributed by atoms with Crippen LogP contribution in [0.2, 0.25) is 0 Å². The van der Waals surface area contributed by atoms with Crippen molar-refractivity contribution < 1.29 is 4.39 Å². The van der Waals surface area contributed by atoms with Gasteiger partial charge < -0.3 is 5.32 Å². The lowest BCUT2D eigenvalue weighted by Crippen LogP contribution is -1.94. The molecule has 2 heterocycles. The molecule has 0 saturated heterocycles. The molecule has 4 nitrogen and oxygen atoms in total. The van der Waals surface area contributed by atoms with Crippen LogP contribution in [0, 0.1) is 5.82 Å². The molecule has 0 spiro atoms. The Morgan fingerprint density at radius 2 is 1.79 bits per heavy atom. The van der Waals surface area contributed by atoms with Gasteiger partial charge in [0.2, 0.25) is 5.95 Å². The molecule has 0 fully saturated rings. The molecule has 19 heavy (non-hydrogen) atoms. The van der Waals surface area contributed by atoms with Crippen molar-refractivity contribution in [1.29, 1.82) is 0 Å². The molecule has 0 aliphatic heterocycles. The zero-order valence-electron chi connectivity index (χ0n) is 9.75. The van der Waals surface area contributed by atoms with Gasteiger partial charge in [0.1, 0.15) is 5.82 Å². The topological polar surface area (TPSA) is 50.7 Å². The predicted octanol–water partition coefficient (Wildman–Crippen LogP) is 3.48. The van der Waals surface area contributed by atoms with E-state index in [9.17, 15) is 4.39 Å². The highest BCUT2D eigenvalue weighted by Crippen LogP contribution is 2.26. The Morgan fingerprint density at radius 1 is 1.05 bits per heavy atom. The van der Waals surface area contributed by atoms with E-state index in [1.54, 1.807) is 30.6 Å². The number of benzene rings is 1. The van der Waals surface area contributed by atoms with Gasteiger partial charge in [-0.2, -0.15) is 0 Å². The van der Waals surface area contributed by atoms with Crippen LogP contribution < -0.4 is 5.32 Å². The van der Waals surface area contributed by atoms with Gasteiger partial charge in [0, 0.05) is 23.3 Å². The molecule has 0 atom stereocenters. The van der Waals surface area contributed by atoms with E-state index in [4.69, 9.17) is 0 Å². The molecule has 3 aromatic rings. The van der Waals surface area contributed by atoms with E-state index in [1.807, 2.05) is 5.38 Å². The molecule has 0 amide bonds. The molecule has 94 valence electrons. The van der Waals surface area contributed by atoms with Crippen LogP contribution in [0.5, 0.6) is 0 Å². The third-order valence-electron chi connectivity index (χ3n) is 2.43. The highest BCUT2D eigenvalue weighted by Gasteiger charge is 2.05. The fourth-order valence-electron chi connectivity index (χ4n) is 1.54. The van der Waals surface area contributed by atoms with E-state index < -0.39 is 0 Å². The van der Waals surface area contributed by atoms with Gasteiger partial charge in [0.25, 0.3) is 0 Å². The Hall–Kier alpha value is -2.34. The average Bonchev–Trinajstić information content (AvgIpc) is 2.89. The quantitative estimate of drug-likeness (QED) is 0.793. The Bertz CT molecular complexity index is 667. The number of aromatic nitrogens is 3. The van der Waals surface area contributed by atoms with Crippen molar-refractivity contribution in [2.45, 2.75) is 0 Å². The number of rotatable bonds is 3. The van der Waals surface area contributed by atoms with Crippen molar-refractivity contribution in [2.75, 3.05) is 5.32 Å². The molecular weight excluding hydrogens is 263 g/mol. The van der Waals surface area contributed by atoms with Gasteiger partial charge in [-0.15, -0.1) is 11.3 Å². The number of hydrogen-bond acceptors (Lipinski definition) is 5. The number of hydrogen-bond donors (Lipinski definition) is 1. The standard InChI is InChI=1S/C13H9FN4S/c14-10-4-2-9(3-5-10)11-8-19-13(17-11)18-12-15-6-1-7-16-12/h1-8H,(H,15,16,17,18). The summed E-state index contributed by atoms with van der Waals surface area (Å²) in [7, 11) is 0. The molecule has 0 saturated carbocycles. The Morgan fingerprint density at radius 3 is 2.53 bits per heavy atom. The summed E-state index contributed by atoms with van der Waals surface area (Å²) in [5.41, 5.74) is 1.67. The number of nitrogens with zero attached hydrogens (tertiary/aromatic N) is 3. The maximum Gasteiger partial charge on any atom is 0.228 e. The molecule has 1 aromatic carbocycles. The van der Waals surface area contributed by atoms with Crippen molar-refractivity contribution >= 4 is 22.4 Å².